The normalized spacial score (nSPS) is 15.4. The summed E-state index contributed by atoms with van der Waals surface area (Å²) < 4.78 is 4.86. The molecule has 20 heavy (non-hydrogen) atoms. The molecule has 0 amide bonds. The van der Waals surface area contributed by atoms with E-state index in [1.165, 1.54) is 0 Å². The third-order valence-corrected chi connectivity index (χ3v) is 3.41. The summed E-state index contributed by atoms with van der Waals surface area (Å²) in [7, 11) is 0. The van der Waals surface area contributed by atoms with Gasteiger partial charge in [0.05, 0.1) is 18.6 Å². The van der Waals surface area contributed by atoms with Crippen molar-refractivity contribution < 1.29 is 14.6 Å². The van der Waals surface area contributed by atoms with Gasteiger partial charge in [-0.25, -0.2) is 0 Å². The molecule has 0 heterocycles. The van der Waals surface area contributed by atoms with Gasteiger partial charge in [-0.2, -0.15) is 0 Å². The van der Waals surface area contributed by atoms with Crippen LogP contribution in [0.2, 0.25) is 0 Å². The third-order valence-electron chi connectivity index (χ3n) is 3.41. The van der Waals surface area contributed by atoms with Crippen molar-refractivity contribution in [1.82, 2.24) is 0 Å². The summed E-state index contributed by atoms with van der Waals surface area (Å²) in [5, 5.41) is 10.5. The van der Waals surface area contributed by atoms with Crippen molar-refractivity contribution in [2.45, 2.75) is 51.7 Å². The first-order valence-corrected chi connectivity index (χ1v) is 7.06. The monoisotopic (exact) mass is 279 g/mol. The lowest BCUT2D eigenvalue weighted by Crippen LogP contribution is -2.29. The molecule has 0 bridgehead atoms. The number of aliphatic hydroxyl groups is 1. The number of benzene rings is 1. The number of ether oxygens (including phenoxy) is 1. The second-order valence-electron chi connectivity index (χ2n) is 5.45. The van der Waals surface area contributed by atoms with Crippen LogP contribution in [0.3, 0.4) is 0 Å². The van der Waals surface area contributed by atoms with Gasteiger partial charge in [-0.15, -0.1) is 0 Å². The molecule has 4 nitrogen and oxygen atoms in total. The Morgan fingerprint density at radius 3 is 2.55 bits per heavy atom. The van der Waals surface area contributed by atoms with Crippen LogP contribution >= 0.6 is 0 Å². The van der Waals surface area contributed by atoms with Crippen LogP contribution in [-0.2, 0) is 15.1 Å². The largest absolute Gasteiger partial charge is 0.466 e. The highest BCUT2D eigenvalue weighted by Crippen LogP contribution is 2.26. The molecule has 1 aromatic rings. The van der Waals surface area contributed by atoms with E-state index in [-0.39, 0.29) is 18.4 Å². The van der Waals surface area contributed by atoms with Gasteiger partial charge in [0.1, 0.15) is 0 Å². The molecular weight excluding hydrogens is 254 g/mol. The Balaban J connectivity index is 2.50. The molecule has 0 fully saturated rings. The Hall–Kier alpha value is -1.39. The van der Waals surface area contributed by atoms with Crippen molar-refractivity contribution in [3.63, 3.8) is 0 Å². The van der Waals surface area contributed by atoms with Gasteiger partial charge in [0.15, 0.2) is 0 Å². The maximum absolute atomic E-state index is 11.3. The predicted molar refractivity (Wildman–Crippen MR) is 79.2 cm³/mol. The third kappa shape index (κ3) is 5.31. The lowest BCUT2D eigenvalue weighted by molar-refractivity contribution is -0.143. The average Bonchev–Trinajstić information content (AvgIpc) is 2.37. The molecule has 0 saturated carbocycles. The van der Waals surface area contributed by atoms with Gasteiger partial charge in [0.2, 0.25) is 0 Å². The van der Waals surface area contributed by atoms with Crippen LogP contribution < -0.4 is 5.73 Å². The molecule has 4 heteroatoms. The van der Waals surface area contributed by atoms with Crippen LogP contribution in [0.4, 0.5) is 0 Å². The molecule has 0 aliphatic carbocycles. The number of hydrogen-bond donors (Lipinski definition) is 2. The molecule has 1 rings (SSSR count). The smallest absolute Gasteiger partial charge is 0.307 e. The second kappa shape index (κ2) is 7.41. The number of aryl methyl sites for hydroxylation is 1. The highest BCUT2D eigenvalue weighted by atomic mass is 16.5. The van der Waals surface area contributed by atoms with E-state index >= 15 is 0 Å². The van der Waals surface area contributed by atoms with Gasteiger partial charge in [-0.3, -0.25) is 4.79 Å². The molecule has 0 aliphatic rings. The minimum atomic E-state index is -0.931. The molecule has 0 aromatic heterocycles. The van der Waals surface area contributed by atoms with Gasteiger partial charge in [-0.1, -0.05) is 29.8 Å². The number of carbonyl (C=O) groups excluding carboxylic acids is 1. The van der Waals surface area contributed by atoms with E-state index in [0.29, 0.717) is 19.4 Å². The van der Waals surface area contributed by atoms with Gasteiger partial charge in [0.25, 0.3) is 0 Å². The van der Waals surface area contributed by atoms with Crippen molar-refractivity contribution in [2.24, 2.45) is 5.73 Å². The Morgan fingerprint density at radius 1 is 1.40 bits per heavy atom. The zero-order chi connectivity index (χ0) is 15.2. The quantitative estimate of drug-likeness (QED) is 0.751. The zero-order valence-corrected chi connectivity index (χ0v) is 12.6. The lowest BCUT2D eigenvalue weighted by Gasteiger charge is -2.25. The first kappa shape index (κ1) is 16.7. The lowest BCUT2D eigenvalue weighted by atomic mass is 9.89. The SMILES string of the molecule is CCOC(=O)CC(N)CCC(C)(O)c1ccc(C)cc1. The highest BCUT2D eigenvalue weighted by Gasteiger charge is 2.24. The number of carbonyl (C=O) groups is 1. The summed E-state index contributed by atoms with van der Waals surface area (Å²) >= 11 is 0. The maximum atomic E-state index is 11.3. The molecule has 112 valence electrons. The molecule has 0 radical (unpaired) electrons. The topological polar surface area (TPSA) is 72.5 Å². The fourth-order valence-electron chi connectivity index (χ4n) is 2.06. The molecular formula is C16H25NO3. The van der Waals surface area contributed by atoms with Crippen LogP contribution in [-0.4, -0.2) is 23.7 Å². The van der Waals surface area contributed by atoms with Crippen LogP contribution in [0.1, 0.15) is 44.2 Å². The second-order valence-corrected chi connectivity index (χ2v) is 5.45. The van der Waals surface area contributed by atoms with E-state index in [0.717, 1.165) is 11.1 Å². The summed E-state index contributed by atoms with van der Waals surface area (Å²) in [6.45, 7) is 5.92. The Labute approximate surface area is 120 Å². The van der Waals surface area contributed by atoms with Crippen LogP contribution in [0.15, 0.2) is 24.3 Å². The molecule has 0 spiro atoms. The zero-order valence-electron chi connectivity index (χ0n) is 12.6. The molecule has 0 saturated heterocycles. The molecule has 0 aliphatic heterocycles. The van der Waals surface area contributed by atoms with Crippen LogP contribution in [0.5, 0.6) is 0 Å². The van der Waals surface area contributed by atoms with Crippen LogP contribution in [0.25, 0.3) is 0 Å². The van der Waals surface area contributed by atoms with E-state index in [1.54, 1.807) is 13.8 Å². The van der Waals surface area contributed by atoms with E-state index in [1.807, 2.05) is 31.2 Å². The first-order valence-electron chi connectivity index (χ1n) is 7.06. The Kier molecular flexibility index (Phi) is 6.17. The minimum absolute atomic E-state index is 0.192. The Bertz CT molecular complexity index is 426. The predicted octanol–water partition coefficient (Wildman–Crippen LogP) is 2.26. The number of esters is 1. The fourth-order valence-corrected chi connectivity index (χ4v) is 2.06. The van der Waals surface area contributed by atoms with Gasteiger partial charge in [-0.05, 0) is 39.2 Å². The summed E-state index contributed by atoms with van der Waals surface area (Å²) in [6, 6.07) is 7.51. The van der Waals surface area contributed by atoms with Gasteiger partial charge < -0.3 is 15.6 Å². The standard InChI is InChI=1S/C16H25NO3/c1-4-20-15(18)11-14(17)9-10-16(3,19)13-7-5-12(2)6-8-13/h5-8,14,19H,4,9-11,17H2,1-3H3. The summed E-state index contributed by atoms with van der Waals surface area (Å²) in [5.41, 5.74) is 6.99. The summed E-state index contributed by atoms with van der Waals surface area (Å²) in [4.78, 5) is 11.3. The fraction of sp³-hybridized carbons (Fsp3) is 0.562. The molecule has 1 aromatic carbocycles. The highest BCUT2D eigenvalue weighted by molar-refractivity contribution is 5.70. The minimum Gasteiger partial charge on any atom is -0.466 e. The van der Waals surface area contributed by atoms with E-state index in [2.05, 4.69) is 0 Å². The van der Waals surface area contributed by atoms with Crippen molar-refractivity contribution in [3.05, 3.63) is 35.4 Å². The Morgan fingerprint density at radius 2 is 2.00 bits per heavy atom. The van der Waals surface area contributed by atoms with E-state index in [4.69, 9.17) is 10.5 Å². The summed E-state index contributed by atoms with van der Waals surface area (Å²) in [6.07, 6.45) is 1.27. The van der Waals surface area contributed by atoms with E-state index < -0.39 is 5.60 Å². The van der Waals surface area contributed by atoms with Crippen molar-refractivity contribution >= 4 is 5.97 Å². The van der Waals surface area contributed by atoms with Crippen LogP contribution in [0, 0.1) is 6.92 Å². The average molecular weight is 279 g/mol. The maximum Gasteiger partial charge on any atom is 0.307 e. The van der Waals surface area contributed by atoms with Crippen molar-refractivity contribution in [2.75, 3.05) is 6.61 Å². The summed E-state index contributed by atoms with van der Waals surface area (Å²) in [5.74, 6) is -0.282. The molecule has 2 unspecified atom stereocenters. The van der Waals surface area contributed by atoms with E-state index in [9.17, 15) is 9.90 Å². The van der Waals surface area contributed by atoms with Crippen molar-refractivity contribution in [1.29, 1.82) is 0 Å². The molecule has 2 atom stereocenters. The first-order chi connectivity index (χ1) is 9.35. The number of hydrogen-bond acceptors (Lipinski definition) is 4. The number of nitrogens with two attached hydrogens (primary N) is 1. The molecule has 3 N–H and O–H groups in total. The van der Waals surface area contributed by atoms with Crippen molar-refractivity contribution in [3.8, 4) is 0 Å². The number of rotatable bonds is 7. The van der Waals surface area contributed by atoms with Gasteiger partial charge in [0, 0.05) is 6.04 Å². The van der Waals surface area contributed by atoms with Gasteiger partial charge >= 0.3 is 5.97 Å².